The lowest BCUT2D eigenvalue weighted by atomic mass is 10.0. The number of benzene rings is 2. The molecular formula is C15H15ClO. The Morgan fingerprint density at radius 2 is 1.41 bits per heavy atom. The minimum absolute atomic E-state index is 0.306. The first-order chi connectivity index (χ1) is 8.27. The molecule has 0 amide bonds. The van der Waals surface area contributed by atoms with E-state index in [4.69, 9.17) is 11.6 Å². The molecule has 2 heteroatoms. The van der Waals surface area contributed by atoms with Crippen LogP contribution in [0.4, 0.5) is 0 Å². The molecule has 1 unspecified atom stereocenters. The maximum absolute atomic E-state index is 10.1. The zero-order valence-electron chi connectivity index (χ0n) is 9.46. The molecule has 0 bridgehead atoms. The molecule has 0 heterocycles. The Bertz CT molecular complexity index is 441. The lowest BCUT2D eigenvalue weighted by Crippen LogP contribution is -2.15. The van der Waals surface area contributed by atoms with Gasteiger partial charge in [-0.1, -0.05) is 60.7 Å². The van der Waals surface area contributed by atoms with Crippen LogP contribution in [0.2, 0.25) is 0 Å². The maximum Gasteiger partial charge on any atom is 0.0956 e. The molecule has 2 aromatic carbocycles. The molecule has 88 valence electrons. The molecular weight excluding hydrogens is 232 g/mol. The molecule has 1 nitrogen and oxygen atoms in total. The predicted molar refractivity (Wildman–Crippen MR) is 71.2 cm³/mol. The smallest absolute Gasteiger partial charge is 0.0956 e. The highest BCUT2D eigenvalue weighted by Gasteiger charge is 2.18. The number of hydrogen-bond donors (Lipinski definition) is 1. The summed E-state index contributed by atoms with van der Waals surface area (Å²) in [5, 5.41) is 9.81. The van der Waals surface area contributed by atoms with Gasteiger partial charge in [-0.15, -0.1) is 11.6 Å². The van der Waals surface area contributed by atoms with Crippen molar-refractivity contribution in [3.8, 4) is 0 Å². The summed E-state index contributed by atoms with van der Waals surface area (Å²) in [5.41, 5.74) is 2.01. The Morgan fingerprint density at radius 3 is 2.00 bits per heavy atom. The number of alkyl halides is 1. The van der Waals surface area contributed by atoms with E-state index in [2.05, 4.69) is 0 Å². The van der Waals surface area contributed by atoms with Gasteiger partial charge in [0.1, 0.15) is 0 Å². The third-order valence-corrected chi connectivity index (χ3v) is 3.15. The topological polar surface area (TPSA) is 20.2 Å². The van der Waals surface area contributed by atoms with Crippen LogP contribution in [0.1, 0.15) is 17.2 Å². The van der Waals surface area contributed by atoms with Crippen LogP contribution in [-0.2, 0) is 6.42 Å². The van der Waals surface area contributed by atoms with Gasteiger partial charge in [0.25, 0.3) is 0 Å². The van der Waals surface area contributed by atoms with Crippen LogP contribution in [0.15, 0.2) is 60.7 Å². The Balaban J connectivity index is 2.03. The summed E-state index contributed by atoms with van der Waals surface area (Å²) in [4.78, 5) is 0. The van der Waals surface area contributed by atoms with E-state index in [9.17, 15) is 5.11 Å². The highest BCUT2D eigenvalue weighted by atomic mass is 35.5. The van der Waals surface area contributed by atoms with E-state index in [1.165, 1.54) is 0 Å². The van der Waals surface area contributed by atoms with Gasteiger partial charge in [0.2, 0.25) is 0 Å². The van der Waals surface area contributed by atoms with E-state index >= 15 is 0 Å². The monoisotopic (exact) mass is 246 g/mol. The van der Waals surface area contributed by atoms with Crippen LogP contribution in [-0.4, -0.2) is 10.5 Å². The van der Waals surface area contributed by atoms with E-state index < -0.39 is 6.10 Å². The highest BCUT2D eigenvalue weighted by Crippen LogP contribution is 2.23. The first kappa shape index (κ1) is 12.2. The lowest BCUT2D eigenvalue weighted by molar-refractivity contribution is 0.172. The van der Waals surface area contributed by atoms with E-state index in [1.54, 1.807) is 0 Å². The van der Waals surface area contributed by atoms with Crippen LogP contribution in [0.3, 0.4) is 0 Å². The molecule has 0 aliphatic carbocycles. The summed E-state index contributed by atoms with van der Waals surface area (Å²) in [7, 11) is 0. The molecule has 2 rings (SSSR count). The molecule has 17 heavy (non-hydrogen) atoms. The van der Waals surface area contributed by atoms with Gasteiger partial charge in [0.05, 0.1) is 11.5 Å². The van der Waals surface area contributed by atoms with Crippen molar-refractivity contribution in [2.75, 3.05) is 0 Å². The molecule has 2 atom stereocenters. The quantitative estimate of drug-likeness (QED) is 0.818. The maximum atomic E-state index is 10.1. The molecule has 1 N–H and O–H groups in total. The Morgan fingerprint density at radius 1 is 0.882 bits per heavy atom. The van der Waals surface area contributed by atoms with E-state index in [-0.39, 0.29) is 5.38 Å². The third-order valence-electron chi connectivity index (χ3n) is 2.76. The predicted octanol–water partition coefficient (Wildman–Crippen LogP) is 3.57. The van der Waals surface area contributed by atoms with Gasteiger partial charge in [0.15, 0.2) is 0 Å². The van der Waals surface area contributed by atoms with E-state index in [0.29, 0.717) is 6.42 Å². The second kappa shape index (κ2) is 5.85. The van der Waals surface area contributed by atoms with Crippen molar-refractivity contribution in [2.24, 2.45) is 0 Å². The van der Waals surface area contributed by atoms with Crippen molar-refractivity contribution in [1.82, 2.24) is 0 Å². The number of halogens is 1. The van der Waals surface area contributed by atoms with Gasteiger partial charge in [-0.05, 0) is 17.5 Å². The normalized spacial score (nSPS) is 14.2. The SMILES string of the molecule is O[C@H](c1ccccc1)C(Cl)Cc1ccccc1. The van der Waals surface area contributed by atoms with Crippen LogP contribution in [0, 0.1) is 0 Å². The van der Waals surface area contributed by atoms with Crippen molar-refractivity contribution < 1.29 is 5.11 Å². The van der Waals surface area contributed by atoms with Crippen LogP contribution >= 0.6 is 11.6 Å². The molecule has 0 aromatic heterocycles. The molecule has 0 aliphatic rings. The molecule has 0 spiro atoms. The molecule has 0 saturated carbocycles. The van der Waals surface area contributed by atoms with Crippen LogP contribution in [0.5, 0.6) is 0 Å². The summed E-state index contributed by atoms with van der Waals surface area (Å²) in [5.74, 6) is 0. The first-order valence-electron chi connectivity index (χ1n) is 5.68. The van der Waals surface area contributed by atoms with Crippen LogP contribution in [0.25, 0.3) is 0 Å². The second-order valence-electron chi connectivity index (χ2n) is 4.06. The van der Waals surface area contributed by atoms with Crippen molar-refractivity contribution in [3.05, 3.63) is 71.8 Å². The Hall–Kier alpha value is -1.31. The number of aliphatic hydroxyl groups excluding tert-OH is 1. The van der Waals surface area contributed by atoms with Gasteiger partial charge < -0.3 is 5.11 Å². The average Bonchev–Trinajstić information content (AvgIpc) is 2.40. The number of rotatable bonds is 4. The summed E-state index contributed by atoms with van der Waals surface area (Å²) < 4.78 is 0. The summed E-state index contributed by atoms with van der Waals surface area (Å²) in [6.45, 7) is 0. The Kier molecular flexibility index (Phi) is 4.18. The van der Waals surface area contributed by atoms with Gasteiger partial charge in [0, 0.05) is 0 Å². The average molecular weight is 247 g/mol. The fourth-order valence-corrected chi connectivity index (χ4v) is 2.13. The lowest BCUT2D eigenvalue weighted by Gasteiger charge is -2.17. The van der Waals surface area contributed by atoms with E-state index in [0.717, 1.165) is 11.1 Å². The van der Waals surface area contributed by atoms with Crippen molar-refractivity contribution >= 4 is 11.6 Å². The Labute approximate surface area is 107 Å². The van der Waals surface area contributed by atoms with Crippen molar-refractivity contribution in [3.63, 3.8) is 0 Å². The molecule has 0 saturated heterocycles. The zero-order valence-corrected chi connectivity index (χ0v) is 10.2. The van der Waals surface area contributed by atoms with Crippen molar-refractivity contribution in [1.29, 1.82) is 0 Å². The molecule has 0 fully saturated rings. The third kappa shape index (κ3) is 3.32. The fraction of sp³-hybridized carbons (Fsp3) is 0.200. The van der Waals surface area contributed by atoms with Gasteiger partial charge >= 0.3 is 0 Å². The summed E-state index contributed by atoms with van der Waals surface area (Å²) in [6.07, 6.45) is 0.0384. The largest absolute Gasteiger partial charge is 0.387 e. The number of hydrogen-bond acceptors (Lipinski definition) is 1. The molecule has 2 aromatic rings. The molecule has 0 aliphatic heterocycles. The zero-order chi connectivity index (χ0) is 12.1. The van der Waals surface area contributed by atoms with Gasteiger partial charge in [-0.25, -0.2) is 0 Å². The summed E-state index contributed by atoms with van der Waals surface area (Å²) >= 11 is 6.25. The summed E-state index contributed by atoms with van der Waals surface area (Å²) in [6, 6.07) is 19.5. The number of aliphatic hydroxyl groups is 1. The second-order valence-corrected chi connectivity index (χ2v) is 4.62. The van der Waals surface area contributed by atoms with Crippen LogP contribution < -0.4 is 0 Å². The van der Waals surface area contributed by atoms with Crippen molar-refractivity contribution in [2.45, 2.75) is 17.9 Å². The first-order valence-corrected chi connectivity index (χ1v) is 6.12. The molecule has 0 radical (unpaired) electrons. The van der Waals surface area contributed by atoms with Gasteiger partial charge in [-0.3, -0.25) is 0 Å². The minimum Gasteiger partial charge on any atom is -0.387 e. The fourth-order valence-electron chi connectivity index (χ4n) is 1.81. The minimum atomic E-state index is -0.627. The standard InChI is InChI=1S/C15H15ClO/c16-14(11-12-7-3-1-4-8-12)15(17)13-9-5-2-6-10-13/h1-10,14-15,17H,11H2/t14?,15-/m1/s1. The van der Waals surface area contributed by atoms with Gasteiger partial charge in [-0.2, -0.15) is 0 Å². The highest BCUT2D eigenvalue weighted by molar-refractivity contribution is 6.21. The van der Waals surface area contributed by atoms with E-state index in [1.807, 2.05) is 60.7 Å².